The molecule has 29 heavy (non-hydrogen) atoms. The summed E-state index contributed by atoms with van der Waals surface area (Å²) in [4.78, 5) is 25.4. The van der Waals surface area contributed by atoms with Gasteiger partial charge in [0.2, 0.25) is 0 Å². The average molecular weight is 441 g/mol. The van der Waals surface area contributed by atoms with E-state index in [4.69, 9.17) is 9.16 Å². The first kappa shape index (κ1) is 27.9. The van der Waals surface area contributed by atoms with Crippen molar-refractivity contribution < 1.29 is 18.8 Å². The van der Waals surface area contributed by atoms with E-state index in [1.54, 1.807) is 13.8 Å². The predicted octanol–water partition coefficient (Wildman–Crippen LogP) is 7.15. The number of esters is 1. The molecule has 0 aliphatic carbocycles. The number of hydrogen-bond donors (Lipinski definition) is 0. The first-order chi connectivity index (χ1) is 13.4. The zero-order valence-corrected chi connectivity index (χ0v) is 22.2. The van der Waals surface area contributed by atoms with Crippen LogP contribution in [0.1, 0.15) is 73.1 Å². The zero-order chi connectivity index (χ0) is 22.7. The van der Waals surface area contributed by atoms with Crippen LogP contribution in [-0.2, 0) is 18.8 Å². The van der Waals surface area contributed by atoms with Crippen LogP contribution < -0.4 is 0 Å². The lowest BCUT2D eigenvalue weighted by Gasteiger charge is -2.32. The monoisotopic (exact) mass is 440 g/mol. The molecule has 0 aromatic heterocycles. The fourth-order valence-electron chi connectivity index (χ4n) is 3.36. The van der Waals surface area contributed by atoms with E-state index >= 15 is 0 Å². The number of ether oxygens (including phenoxy) is 1. The van der Waals surface area contributed by atoms with E-state index in [1.165, 1.54) is 0 Å². The Balaban J connectivity index is 5.91. The lowest BCUT2D eigenvalue weighted by molar-refractivity contribution is -0.134. The van der Waals surface area contributed by atoms with Gasteiger partial charge in [-0.3, -0.25) is 0 Å². The van der Waals surface area contributed by atoms with Crippen molar-refractivity contribution in [2.75, 3.05) is 0 Å². The van der Waals surface area contributed by atoms with Crippen LogP contribution in [0.4, 0.5) is 0 Å². The fraction of sp³-hybridized carbons (Fsp3) is 0.739. The van der Waals surface area contributed by atoms with Gasteiger partial charge in [0.05, 0.1) is 11.0 Å². The molecule has 0 heterocycles. The average Bonchev–Trinajstić information content (AvgIpc) is 2.65. The molecule has 0 spiro atoms. The number of hydrogen-bond acceptors (Lipinski definition) is 4. The third-order valence-corrected chi connectivity index (χ3v) is 11.4. The molecule has 0 amide bonds. The summed E-state index contributed by atoms with van der Waals surface area (Å²) in [7, 11) is -4.24. The summed E-state index contributed by atoms with van der Waals surface area (Å²) in [6.07, 6.45) is 6.62. The highest BCUT2D eigenvalue weighted by atomic mass is 28.4. The van der Waals surface area contributed by atoms with E-state index in [0.717, 1.165) is 56.7 Å². The molecule has 0 bridgehead atoms. The van der Waals surface area contributed by atoms with Crippen LogP contribution in [0, 0.1) is 0 Å². The molecule has 0 rings (SSSR count). The van der Waals surface area contributed by atoms with Crippen molar-refractivity contribution in [2.24, 2.45) is 0 Å². The Morgan fingerprint density at radius 2 is 1.21 bits per heavy atom. The fourth-order valence-corrected chi connectivity index (χ4v) is 9.58. The van der Waals surface area contributed by atoms with E-state index in [9.17, 15) is 9.59 Å². The minimum atomic E-state index is -2.18. The number of rotatable bonds is 14. The molecule has 0 radical (unpaired) electrons. The maximum absolute atomic E-state index is 13.3. The molecule has 0 saturated heterocycles. The van der Waals surface area contributed by atoms with Crippen LogP contribution in [0.25, 0.3) is 0 Å². The number of unbranched alkanes of at least 4 members (excludes halogenated alkanes) is 3. The maximum Gasteiger partial charge on any atom is 0.337 e. The Morgan fingerprint density at radius 3 is 1.52 bits per heavy atom. The van der Waals surface area contributed by atoms with Crippen LogP contribution in [-0.4, -0.2) is 28.3 Å². The Hall–Kier alpha value is -1.15. The standard InChI is InChI=1S/C23H44O4Si2/c1-10-13-16-29(17-14-11-2,18-15-12-3)27-22(25)20(6)23(28(7,8)9)26-21(24)19(4)5/h4,10-18H2,1-3,5-9H3. The first-order valence-electron chi connectivity index (χ1n) is 11.3. The molecule has 0 aromatic rings. The maximum atomic E-state index is 13.3. The summed E-state index contributed by atoms with van der Waals surface area (Å²) < 4.78 is 12.0. The van der Waals surface area contributed by atoms with Crippen LogP contribution in [0.2, 0.25) is 37.8 Å². The third kappa shape index (κ3) is 9.94. The normalized spacial score (nSPS) is 13.0. The lowest BCUT2D eigenvalue weighted by atomic mass is 10.3. The summed E-state index contributed by atoms with van der Waals surface area (Å²) >= 11 is 0. The summed E-state index contributed by atoms with van der Waals surface area (Å²) in [5.74, 6) is -0.757. The van der Waals surface area contributed by atoms with Crippen LogP contribution in [0.3, 0.4) is 0 Å². The Kier molecular flexibility index (Phi) is 12.7. The minimum Gasteiger partial charge on any atom is -0.516 e. The highest BCUT2D eigenvalue weighted by Gasteiger charge is 2.38. The molecule has 0 atom stereocenters. The van der Waals surface area contributed by atoms with Gasteiger partial charge in [-0.1, -0.05) is 85.5 Å². The van der Waals surface area contributed by atoms with Crippen LogP contribution in [0.15, 0.2) is 23.1 Å². The Labute approximate surface area is 181 Å². The van der Waals surface area contributed by atoms with E-state index in [2.05, 4.69) is 47.0 Å². The van der Waals surface area contributed by atoms with Gasteiger partial charge < -0.3 is 9.16 Å². The summed E-state index contributed by atoms with van der Waals surface area (Å²) in [5, 5.41) is 0.514. The van der Waals surface area contributed by atoms with Gasteiger partial charge in [0, 0.05) is 5.57 Å². The summed E-state index contributed by atoms with van der Waals surface area (Å²) in [5.41, 5.74) is 0.791. The molecule has 4 nitrogen and oxygen atoms in total. The molecular formula is C23H44O4Si2. The highest BCUT2D eigenvalue weighted by Crippen LogP contribution is 2.31. The van der Waals surface area contributed by atoms with Gasteiger partial charge >= 0.3 is 11.9 Å². The number of carbonyl (C=O) groups is 2. The molecule has 0 fully saturated rings. The second-order valence-corrected chi connectivity index (χ2v) is 18.3. The molecule has 0 aliphatic heterocycles. The Morgan fingerprint density at radius 1 is 0.793 bits per heavy atom. The third-order valence-electron chi connectivity index (χ3n) is 5.14. The van der Waals surface area contributed by atoms with Crippen molar-refractivity contribution in [3.63, 3.8) is 0 Å². The number of carbonyl (C=O) groups excluding carboxylic acids is 2. The highest BCUT2D eigenvalue weighted by molar-refractivity contribution is 6.83. The molecule has 168 valence electrons. The van der Waals surface area contributed by atoms with Gasteiger partial charge in [0.25, 0.3) is 8.32 Å². The van der Waals surface area contributed by atoms with Gasteiger partial charge in [0.15, 0.2) is 0 Å². The smallest absolute Gasteiger partial charge is 0.337 e. The van der Waals surface area contributed by atoms with Crippen LogP contribution >= 0.6 is 0 Å². The Bertz CT molecular complexity index is 566. The molecule has 6 heteroatoms. The van der Waals surface area contributed by atoms with Crippen molar-refractivity contribution >= 4 is 28.3 Å². The quantitative estimate of drug-likeness (QED) is 0.125. The minimum absolute atomic E-state index is 0.285. The van der Waals surface area contributed by atoms with Crippen molar-refractivity contribution in [3.05, 3.63) is 23.1 Å². The van der Waals surface area contributed by atoms with E-state index in [1.807, 2.05) is 0 Å². The van der Waals surface area contributed by atoms with Crippen LogP contribution in [0.5, 0.6) is 0 Å². The largest absolute Gasteiger partial charge is 0.516 e. The van der Waals surface area contributed by atoms with E-state index < -0.39 is 22.4 Å². The van der Waals surface area contributed by atoms with Gasteiger partial charge in [-0.15, -0.1) is 0 Å². The SMILES string of the molecule is C=C(C)C(=O)OC(=C(C)C(=O)O[Si](CCCC)(CCCC)CCCC)[Si](C)(C)C. The van der Waals surface area contributed by atoms with Crippen molar-refractivity contribution in [1.29, 1.82) is 0 Å². The second kappa shape index (κ2) is 13.2. The van der Waals surface area contributed by atoms with E-state index in [-0.39, 0.29) is 5.97 Å². The molecular weight excluding hydrogens is 396 g/mol. The van der Waals surface area contributed by atoms with Crippen molar-refractivity contribution in [2.45, 2.75) is 111 Å². The van der Waals surface area contributed by atoms with Gasteiger partial charge in [-0.05, 0) is 32.0 Å². The lowest BCUT2D eigenvalue weighted by Crippen LogP contribution is -2.41. The van der Waals surface area contributed by atoms with Crippen molar-refractivity contribution in [1.82, 2.24) is 0 Å². The molecule has 0 aromatic carbocycles. The molecule has 0 saturated carbocycles. The van der Waals surface area contributed by atoms with Gasteiger partial charge in [-0.25, -0.2) is 9.59 Å². The zero-order valence-electron chi connectivity index (χ0n) is 20.2. The topological polar surface area (TPSA) is 52.6 Å². The van der Waals surface area contributed by atoms with Crippen molar-refractivity contribution in [3.8, 4) is 0 Å². The molecule has 0 unspecified atom stereocenters. The van der Waals surface area contributed by atoms with Gasteiger partial charge in [0.1, 0.15) is 8.07 Å². The molecule has 0 aliphatic rings. The second-order valence-electron chi connectivity index (χ2n) is 9.26. The summed E-state index contributed by atoms with van der Waals surface area (Å²) in [6, 6.07) is 3.07. The first-order valence-corrected chi connectivity index (χ1v) is 17.3. The van der Waals surface area contributed by atoms with E-state index in [0.29, 0.717) is 16.5 Å². The molecule has 0 N–H and O–H groups in total. The van der Waals surface area contributed by atoms with Gasteiger partial charge in [-0.2, -0.15) is 0 Å². The predicted molar refractivity (Wildman–Crippen MR) is 128 cm³/mol. The summed E-state index contributed by atoms with van der Waals surface area (Å²) in [6.45, 7) is 19.8.